The topological polar surface area (TPSA) is 92.6 Å². The lowest BCUT2D eigenvalue weighted by Gasteiger charge is -2.24. The third-order valence-electron chi connectivity index (χ3n) is 4.36. The van der Waals surface area contributed by atoms with Crippen molar-refractivity contribution < 1.29 is 23.3 Å². The molecule has 2 aromatic heterocycles. The summed E-state index contributed by atoms with van der Waals surface area (Å²) in [4.78, 5) is 11.9. The molecule has 9 nitrogen and oxygen atoms in total. The lowest BCUT2D eigenvalue weighted by molar-refractivity contribution is -0.200. The molecule has 4 atom stereocenters. The lowest BCUT2D eigenvalue weighted by Crippen LogP contribution is -2.32. The number of rotatable bonds is 4. The first-order valence-corrected chi connectivity index (χ1v) is 8.01. The SMILES string of the molecule is CNc1nc(F)nc2c1ncn2C1O[C@H](COC)[C@H]2OC(C)(C)O[C@@H]12. The Labute approximate surface area is 143 Å². The molecule has 0 aromatic carbocycles. The van der Waals surface area contributed by atoms with E-state index in [0.717, 1.165) is 0 Å². The van der Waals surface area contributed by atoms with Gasteiger partial charge < -0.3 is 24.3 Å². The van der Waals surface area contributed by atoms with Gasteiger partial charge in [0.15, 0.2) is 29.0 Å². The van der Waals surface area contributed by atoms with E-state index >= 15 is 0 Å². The summed E-state index contributed by atoms with van der Waals surface area (Å²) in [5, 5.41) is 2.82. The summed E-state index contributed by atoms with van der Waals surface area (Å²) in [7, 11) is 3.24. The number of anilines is 1. The minimum absolute atomic E-state index is 0.298. The zero-order valence-electron chi connectivity index (χ0n) is 14.4. The van der Waals surface area contributed by atoms with Crippen molar-refractivity contribution in [1.82, 2.24) is 19.5 Å². The smallest absolute Gasteiger partial charge is 0.312 e. The number of imidazole rings is 1. The molecule has 4 heterocycles. The zero-order valence-corrected chi connectivity index (χ0v) is 14.4. The van der Waals surface area contributed by atoms with Crippen molar-refractivity contribution in [1.29, 1.82) is 0 Å². The second kappa shape index (κ2) is 5.84. The average Bonchev–Trinajstić information content (AvgIpc) is 3.19. The van der Waals surface area contributed by atoms with Crippen LogP contribution in [0.5, 0.6) is 0 Å². The maximum Gasteiger partial charge on any atom is 0.312 e. The fourth-order valence-corrected chi connectivity index (χ4v) is 3.43. The molecule has 0 aliphatic carbocycles. The van der Waals surface area contributed by atoms with Crippen LogP contribution < -0.4 is 5.32 Å². The quantitative estimate of drug-likeness (QED) is 0.816. The van der Waals surface area contributed by atoms with Gasteiger partial charge in [0.05, 0.1) is 12.9 Å². The Balaban J connectivity index is 1.76. The Bertz CT molecular complexity index is 798. The zero-order chi connectivity index (χ0) is 17.8. The van der Waals surface area contributed by atoms with Crippen LogP contribution in [-0.2, 0) is 18.9 Å². The van der Waals surface area contributed by atoms with Crippen molar-refractivity contribution in [2.45, 2.75) is 44.2 Å². The van der Waals surface area contributed by atoms with E-state index in [-0.39, 0.29) is 18.3 Å². The van der Waals surface area contributed by atoms with Crippen LogP contribution in [0.3, 0.4) is 0 Å². The van der Waals surface area contributed by atoms with Gasteiger partial charge in [-0.1, -0.05) is 0 Å². The molecule has 2 aromatic rings. The van der Waals surface area contributed by atoms with Gasteiger partial charge in [0, 0.05) is 14.2 Å². The second-order valence-electron chi connectivity index (χ2n) is 6.50. The van der Waals surface area contributed by atoms with Crippen LogP contribution in [-0.4, -0.2) is 64.4 Å². The fourth-order valence-electron chi connectivity index (χ4n) is 3.43. The van der Waals surface area contributed by atoms with Crippen LogP contribution in [0.25, 0.3) is 11.2 Å². The molecule has 1 unspecified atom stereocenters. The van der Waals surface area contributed by atoms with Crippen molar-refractivity contribution in [3.63, 3.8) is 0 Å². The highest BCUT2D eigenvalue weighted by molar-refractivity contribution is 5.82. The maximum atomic E-state index is 13.8. The maximum absolute atomic E-state index is 13.8. The average molecular weight is 353 g/mol. The standard InChI is InChI=1S/C15H20FN5O4/c1-15(2)24-9-7(5-22-4)23-13(10(9)25-15)21-6-18-8-11(17-3)19-14(16)20-12(8)21/h6-7,9-10,13H,5H2,1-4H3,(H,17,19,20)/t7-,9-,10-,13?/m1/s1. The summed E-state index contributed by atoms with van der Waals surface area (Å²) in [6.07, 6.45) is -0.849. The second-order valence-corrected chi connectivity index (χ2v) is 6.50. The summed E-state index contributed by atoms with van der Waals surface area (Å²) >= 11 is 0. The molecule has 2 saturated heterocycles. The number of fused-ring (bicyclic) bond motifs is 2. The normalized spacial score (nSPS) is 30.8. The predicted octanol–water partition coefficient (Wildman–Crippen LogP) is 1.07. The summed E-state index contributed by atoms with van der Waals surface area (Å²) < 4.78 is 38.7. The number of nitrogens with one attached hydrogen (secondary N) is 1. The lowest BCUT2D eigenvalue weighted by atomic mass is 10.1. The Morgan fingerprint density at radius 2 is 2.08 bits per heavy atom. The molecule has 0 saturated carbocycles. The minimum atomic E-state index is -0.842. The number of hydrogen-bond donors (Lipinski definition) is 1. The summed E-state index contributed by atoms with van der Waals surface area (Å²) in [6, 6.07) is 0. The van der Waals surface area contributed by atoms with Crippen LogP contribution >= 0.6 is 0 Å². The van der Waals surface area contributed by atoms with Gasteiger partial charge in [-0.05, 0) is 13.8 Å². The Hall–Kier alpha value is -1.88. The Morgan fingerprint density at radius 1 is 1.32 bits per heavy atom. The van der Waals surface area contributed by atoms with Crippen molar-refractivity contribution >= 4 is 17.0 Å². The first-order chi connectivity index (χ1) is 11.9. The molecular formula is C15H20FN5O4. The number of nitrogens with zero attached hydrogens (tertiary/aromatic N) is 4. The number of hydrogen-bond acceptors (Lipinski definition) is 8. The van der Waals surface area contributed by atoms with E-state index in [4.69, 9.17) is 18.9 Å². The van der Waals surface area contributed by atoms with Crippen LogP contribution in [0, 0.1) is 6.08 Å². The number of methoxy groups -OCH3 is 1. The van der Waals surface area contributed by atoms with E-state index in [0.29, 0.717) is 23.6 Å². The highest BCUT2D eigenvalue weighted by atomic mass is 19.1. The van der Waals surface area contributed by atoms with Gasteiger partial charge in [0.1, 0.15) is 18.3 Å². The van der Waals surface area contributed by atoms with E-state index in [1.807, 2.05) is 13.8 Å². The predicted molar refractivity (Wildman–Crippen MR) is 84.4 cm³/mol. The van der Waals surface area contributed by atoms with E-state index in [9.17, 15) is 4.39 Å². The van der Waals surface area contributed by atoms with Gasteiger partial charge in [-0.3, -0.25) is 4.57 Å². The molecular weight excluding hydrogens is 333 g/mol. The van der Waals surface area contributed by atoms with E-state index in [1.165, 1.54) is 0 Å². The van der Waals surface area contributed by atoms with Gasteiger partial charge in [0.25, 0.3) is 0 Å². The number of aromatic nitrogens is 4. The van der Waals surface area contributed by atoms with E-state index in [2.05, 4.69) is 20.3 Å². The number of ether oxygens (including phenoxy) is 4. The fraction of sp³-hybridized carbons (Fsp3) is 0.667. The highest BCUT2D eigenvalue weighted by Gasteiger charge is 2.56. The van der Waals surface area contributed by atoms with Gasteiger partial charge >= 0.3 is 6.08 Å². The van der Waals surface area contributed by atoms with Crippen molar-refractivity contribution in [2.75, 3.05) is 26.1 Å². The summed E-state index contributed by atoms with van der Waals surface area (Å²) in [5.41, 5.74) is 0.782. The Kier molecular flexibility index (Phi) is 3.87. The number of halogens is 1. The molecule has 2 aliphatic heterocycles. The molecule has 0 amide bonds. The first-order valence-electron chi connectivity index (χ1n) is 8.01. The van der Waals surface area contributed by atoms with Gasteiger partial charge in [-0.15, -0.1) is 0 Å². The van der Waals surface area contributed by atoms with E-state index < -0.39 is 18.1 Å². The van der Waals surface area contributed by atoms with Crippen LogP contribution in [0.15, 0.2) is 6.33 Å². The minimum Gasteiger partial charge on any atom is -0.382 e. The van der Waals surface area contributed by atoms with Gasteiger partial charge in [-0.2, -0.15) is 14.4 Å². The van der Waals surface area contributed by atoms with E-state index in [1.54, 1.807) is 25.1 Å². The van der Waals surface area contributed by atoms with Gasteiger partial charge in [-0.25, -0.2) is 4.98 Å². The summed E-state index contributed by atoms with van der Waals surface area (Å²) in [5.74, 6) is -0.427. The van der Waals surface area contributed by atoms with Crippen molar-refractivity contribution in [3.05, 3.63) is 12.4 Å². The molecule has 2 fully saturated rings. The molecule has 0 spiro atoms. The van der Waals surface area contributed by atoms with Crippen molar-refractivity contribution in [2.24, 2.45) is 0 Å². The van der Waals surface area contributed by atoms with Crippen LogP contribution in [0.1, 0.15) is 20.1 Å². The molecule has 2 aliphatic rings. The van der Waals surface area contributed by atoms with Crippen LogP contribution in [0.4, 0.5) is 10.2 Å². The monoisotopic (exact) mass is 353 g/mol. The largest absolute Gasteiger partial charge is 0.382 e. The van der Waals surface area contributed by atoms with Crippen molar-refractivity contribution in [3.8, 4) is 0 Å². The highest BCUT2D eigenvalue weighted by Crippen LogP contribution is 2.43. The molecule has 1 N–H and O–H groups in total. The molecule has 10 heteroatoms. The molecule has 25 heavy (non-hydrogen) atoms. The third-order valence-corrected chi connectivity index (χ3v) is 4.36. The molecule has 0 bridgehead atoms. The molecule has 0 radical (unpaired) electrons. The first kappa shape index (κ1) is 16.6. The molecule has 136 valence electrons. The van der Waals surface area contributed by atoms with Gasteiger partial charge in [0.2, 0.25) is 0 Å². The summed E-state index contributed by atoms with van der Waals surface area (Å²) in [6.45, 7) is 4.05. The molecule has 4 rings (SSSR count). The Morgan fingerprint density at radius 3 is 2.80 bits per heavy atom. The van der Waals surface area contributed by atoms with Crippen LogP contribution in [0.2, 0.25) is 0 Å². The third kappa shape index (κ3) is 2.65.